The van der Waals surface area contributed by atoms with Crippen molar-refractivity contribution >= 4 is 47.3 Å². The molecule has 2 aliphatic heterocycles. The van der Waals surface area contributed by atoms with Gasteiger partial charge in [0, 0.05) is 50.5 Å². The van der Waals surface area contributed by atoms with Gasteiger partial charge in [0.25, 0.3) is 0 Å². The summed E-state index contributed by atoms with van der Waals surface area (Å²) in [5.74, 6) is 1.76. The van der Waals surface area contributed by atoms with Crippen LogP contribution in [0.1, 0.15) is 119 Å². The van der Waals surface area contributed by atoms with Gasteiger partial charge in [0.15, 0.2) is 0 Å². The summed E-state index contributed by atoms with van der Waals surface area (Å²) in [5, 5.41) is 4.48. The number of hydrogen-bond acceptors (Lipinski definition) is 4. The van der Waals surface area contributed by atoms with Crippen molar-refractivity contribution in [3.05, 3.63) is 0 Å². The van der Waals surface area contributed by atoms with E-state index in [1.54, 1.807) is 0 Å². The number of hydrogen-bond donors (Lipinski definition) is 0. The number of nitrogens with zero attached hydrogens (tertiary/aromatic N) is 2. The summed E-state index contributed by atoms with van der Waals surface area (Å²) in [6.07, 6.45) is 17.4. The summed E-state index contributed by atoms with van der Waals surface area (Å²) in [7, 11) is 6.00. The molecule has 3 aliphatic carbocycles. The second kappa shape index (κ2) is 13.7. The Hall–Kier alpha value is 1.16. The Kier molecular flexibility index (Phi) is 11.1. The molecule has 0 bridgehead atoms. The molecule has 3 saturated carbocycles. The van der Waals surface area contributed by atoms with Gasteiger partial charge in [0.05, 0.1) is 7.85 Å². The van der Waals surface area contributed by atoms with E-state index in [4.69, 9.17) is 7.85 Å². The highest BCUT2D eigenvalue weighted by Gasteiger charge is 2.55. The van der Waals surface area contributed by atoms with Gasteiger partial charge in [0.2, 0.25) is 0 Å². The van der Waals surface area contributed by atoms with Crippen molar-refractivity contribution in [3.63, 3.8) is 0 Å². The molecule has 228 valence electrons. The fourth-order valence-electron chi connectivity index (χ4n) is 9.37. The molecule has 5 rings (SSSR count). The van der Waals surface area contributed by atoms with Gasteiger partial charge >= 0.3 is 0 Å². The monoisotopic (exact) mass is 650 g/mol. The summed E-state index contributed by atoms with van der Waals surface area (Å²) >= 11 is 8.68. The van der Waals surface area contributed by atoms with Gasteiger partial charge in [-0.15, -0.1) is 0 Å². The Morgan fingerprint density at radius 3 is 1.43 bits per heavy atom. The number of fused-ring (bicyclic) bond motifs is 4. The average molecular weight is 652 g/mol. The van der Waals surface area contributed by atoms with Crippen molar-refractivity contribution in [2.24, 2.45) is 22.7 Å². The highest BCUT2D eigenvalue weighted by molar-refractivity contribution is 9.09. The van der Waals surface area contributed by atoms with Crippen LogP contribution >= 0.6 is 39.5 Å². The zero-order valence-corrected chi connectivity index (χ0v) is 30.0. The molecule has 2 nitrogen and oxygen atoms in total. The van der Waals surface area contributed by atoms with Gasteiger partial charge in [-0.1, -0.05) is 70.2 Å². The van der Waals surface area contributed by atoms with E-state index < -0.39 is 0 Å². The molecule has 10 atom stereocenters. The molecule has 2 radical (unpaired) electrons. The normalized spacial score (nSPS) is 41.1. The summed E-state index contributed by atoms with van der Waals surface area (Å²) in [6.45, 7) is 17.6. The highest BCUT2D eigenvalue weighted by atomic mass is 79.9. The molecule has 5 aliphatic rings. The first-order valence-electron chi connectivity index (χ1n) is 17.1. The highest BCUT2D eigenvalue weighted by Crippen LogP contribution is 2.56. The van der Waals surface area contributed by atoms with Crippen LogP contribution in [0.25, 0.3) is 0 Å². The minimum absolute atomic E-state index is 0.442. The predicted octanol–water partition coefficient (Wildman–Crippen LogP) is 9.06. The Balaban J connectivity index is 1.37. The smallest absolute Gasteiger partial charge is 0.0653 e. The maximum atomic E-state index is 6.00. The summed E-state index contributed by atoms with van der Waals surface area (Å²) in [5.41, 5.74) is 0.888. The van der Waals surface area contributed by atoms with Crippen LogP contribution in [0, 0.1) is 22.7 Å². The number of unbranched alkanes of at least 4 members (excludes halogenated alkanes) is 2. The Morgan fingerprint density at radius 2 is 1.02 bits per heavy atom. The van der Waals surface area contributed by atoms with Crippen LogP contribution in [0.15, 0.2) is 0 Å². The van der Waals surface area contributed by atoms with E-state index in [1.807, 2.05) is 0 Å². The standard InChI is InChI=1S/C34H60BBrN2S2/c1-33(2,3)23-11-13-25-29(19-23)39-31-22-28-32(21-27(31)37(25)17-9-7-15-35)40-30-20-24(34(4,5)6)12-14-26(30)38(28)18-10-8-16-36/h23-32H,7-22H2,1-6H3. The summed E-state index contributed by atoms with van der Waals surface area (Å²) in [6, 6.07) is 3.20. The fourth-order valence-corrected chi connectivity index (χ4v) is 13.8. The number of rotatable bonds is 8. The molecule has 40 heavy (non-hydrogen) atoms. The van der Waals surface area contributed by atoms with Gasteiger partial charge in [-0.3, -0.25) is 9.80 Å². The Labute approximate surface area is 267 Å². The van der Waals surface area contributed by atoms with Crippen molar-refractivity contribution in [3.8, 4) is 0 Å². The van der Waals surface area contributed by atoms with Crippen LogP contribution in [0.3, 0.4) is 0 Å². The second-order valence-electron chi connectivity index (χ2n) is 16.3. The molecule has 0 spiro atoms. The van der Waals surface area contributed by atoms with Crippen LogP contribution in [0.2, 0.25) is 6.32 Å². The van der Waals surface area contributed by atoms with E-state index in [0.717, 1.165) is 68.7 Å². The Morgan fingerprint density at radius 1 is 0.600 bits per heavy atom. The van der Waals surface area contributed by atoms with Crippen molar-refractivity contribution < 1.29 is 0 Å². The largest absolute Gasteiger partial charge is 0.295 e. The van der Waals surface area contributed by atoms with Crippen molar-refractivity contribution in [2.45, 2.75) is 170 Å². The molecule has 6 heteroatoms. The van der Waals surface area contributed by atoms with Crippen molar-refractivity contribution in [1.82, 2.24) is 9.80 Å². The van der Waals surface area contributed by atoms with Gasteiger partial charge < -0.3 is 0 Å². The van der Waals surface area contributed by atoms with E-state index in [2.05, 4.69) is 90.8 Å². The van der Waals surface area contributed by atoms with Gasteiger partial charge in [0.1, 0.15) is 0 Å². The van der Waals surface area contributed by atoms with Crippen LogP contribution in [0.4, 0.5) is 0 Å². The van der Waals surface area contributed by atoms with Crippen molar-refractivity contribution in [2.75, 3.05) is 18.4 Å². The fraction of sp³-hybridized carbons (Fsp3) is 1.00. The first-order valence-corrected chi connectivity index (χ1v) is 20.1. The zero-order valence-electron chi connectivity index (χ0n) is 26.8. The molecule has 5 fully saturated rings. The number of halogens is 1. The van der Waals surface area contributed by atoms with Gasteiger partial charge in [-0.2, -0.15) is 23.5 Å². The molecule has 2 heterocycles. The maximum absolute atomic E-state index is 6.00. The summed E-state index contributed by atoms with van der Waals surface area (Å²) < 4.78 is 0. The van der Waals surface area contributed by atoms with E-state index in [0.29, 0.717) is 10.8 Å². The van der Waals surface area contributed by atoms with Gasteiger partial charge in [-0.25, -0.2) is 0 Å². The van der Waals surface area contributed by atoms with Crippen molar-refractivity contribution in [1.29, 1.82) is 0 Å². The van der Waals surface area contributed by atoms with Crippen LogP contribution in [-0.4, -0.2) is 81.2 Å². The lowest BCUT2D eigenvalue weighted by Gasteiger charge is -2.61. The van der Waals surface area contributed by atoms with Gasteiger partial charge in [-0.05, 0) is 106 Å². The third-order valence-electron chi connectivity index (χ3n) is 11.8. The SMILES string of the molecule is [B]CCCCN1C2CCC(C(C)(C)C)CC2SC2CC3C(CC21)SC1CC(C(C)(C)C)CCC1N3CCCCBr. The minimum atomic E-state index is 0.442. The van der Waals surface area contributed by atoms with E-state index in [-0.39, 0.29) is 0 Å². The molecule has 10 unspecified atom stereocenters. The van der Waals surface area contributed by atoms with E-state index in [1.165, 1.54) is 90.1 Å². The molecule has 0 aromatic carbocycles. The quantitative estimate of drug-likeness (QED) is 0.147. The zero-order chi connectivity index (χ0) is 28.7. The third-order valence-corrected chi connectivity index (χ3v) is 15.8. The van der Waals surface area contributed by atoms with E-state index in [9.17, 15) is 0 Å². The minimum Gasteiger partial charge on any atom is -0.295 e. The topological polar surface area (TPSA) is 6.48 Å². The second-order valence-corrected chi connectivity index (χ2v) is 20.0. The first kappa shape index (κ1) is 32.6. The molecular weight excluding hydrogens is 591 g/mol. The lowest BCUT2D eigenvalue weighted by Crippen LogP contribution is -2.67. The maximum Gasteiger partial charge on any atom is 0.0653 e. The molecule has 0 N–H and O–H groups in total. The predicted molar refractivity (Wildman–Crippen MR) is 185 cm³/mol. The molecule has 0 aromatic heterocycles. The molecule has 0 amide bonds. The first-order chi connectivity index (χ1) is 19.0. The lowest BCUT2D eigenvalue weighted by molar-refractivity contribution is 0.0105. The lowest BCUT2D eigenvalue weighted by atomic mass is 9.70. The number of alkyl halides is 1. The van der Waals surface area contributed by atoms with Crippen LogP contribution < -0.4 is 0 Å². The van der Waals surface area contributed by atoms with E-state index >= 15 is 0 Å². The number of thioether (sulfide) groups is 2. The molecule has 0 aromatic rings. The Bertz CT molecular complexity index is 749. The average Bonchev–Trinajstić information content (AvgIpc) is 2.90. The molecular formula is C34H60BBrN2S2. The van der Waals surface area contributed by atoms with Crippen LogP contribution in [0.5, 0.6) is 0 Å². The third kappa shape index (κ3) is 7.18. The summed E-state index contributed by atoms with van der Waals surface area (Å²) in [4.78, 5) is 6.21. The molecule has 2 saturated heterocycles. The van der Waals surface area contributed by atoms with Crippen LogP contribution in [-0.2, 0) is 0 Å².